The van der Waals surface area contributed by atoms with Crippen molar-refractivity contribution in [3.63, 3.8) is 0 Å². The molecular formula is C24H34F2N2O7. The summed E-state index contributed by atoms with van der Waals surface area (Å²) in [7, 11) is 10.1. The van der Waals surface area contributed by atoms with Crippen LogP contribution in [0.25, 0.3) is 0 Å². The zero-order valence-electron chi connectivity index (χ0n) is 20.9. The number of hydrogen-bond donors (Lipinski definition) is 2. The Morgan fingerprint density at radius 2 is 1.31 bits per heavy atom. The first-order valence-corrected chi connectivity index (χ1v) is 10.4. The number of hydrogen-bond acceptors (Lipinski definition) is 9. The summed E-state index contributed by atoms with van der Waals surface area (Å²) < 4.78 is 40.4. The molecule has 0 aliphatic heterocycles. The van der Waals surface area contributed by atoms with Gasteiger partial charge in [-0.15, -0.1) is 0 Å². The number of ether oxygens (including phenoxy) is 3. The lowest BCUT2D eigenvalue weighted by Crippen LogP contribution is -2.19. The largest absolute Gasteiger partial charge is 0.508 e. The van der Waals surface area contributed by atoms with E-state index in [-0.39, 0.29) is 23.5 Å². The molecule has 0 atom stereocenters. The van der Waals surface area contributed by atoms with E-state index >= 15 is 0 Å². The molecule has 0 aliphatic carbocycles. The molecule has 0 fully saturated rings. The quantitative estimate of drug-likeness (QED) is 0.528. The second-order valence-electron chi connectivity index (χ2n) is 7.47. The van der Waals surface area contributed by atoms with E-state index in [2.05, 4.69) is 9.47 Å². The Kier molecular flexibility index (Phi) is 15.6. The van der Waals surface area contributed by atoms with Gasteiger partial charge in [0.15, 0.2) is 0 Å². The molecule has 35 heavy (non-hydrogen) atoms. The Morgan fingerprint density at radius 3 is 1.69 bits per heavy atom. The second kappa shape index (κ2) is 17.2. The fraction of sp³-hybridized carbons (Fsp3) is 0.417. The minimum Gasteiger partial charge on any atom is -0.508 e. The Labute approximate surface area is 204 Å². The monoisotopic (exact) mass is 500 g/mol. The van der Waals surface area contributed by atoms with Gasteiger partial charge in [-0.3, -0.25) is 0 Å². The molecule has 2 N–H and O–H groups in total. The van der Waals surface area contributed by atoms with Gasteiger partial charge in [-0.2, -0.15) is 0 Å². The molecule has 11 heteroatoms. The Bertz CT molecular complexity index is 925. The number of esters is 2. The molecule has 0 amide bonds. The van der Waals surface area contributed by atoms with E-state index in [1.807, 2.05) is 38.0 Å². The molecule has 196 valence electrons. The fourth-order valence-corrected chi connectivity index (χ4v) is 2.19. The number of rotatable bonds is 8. The summed E-state index contributed by atoms with van der Waals surface area (Å²) in [5.41, 5.74) is -0.275. The summed E-state index contributed by atoms with van der Waals surface area (Å²) in [6.07, 6.45) is 0. The zero-order chi connectivity index (χ0) is 27.0. The smallest absolute Gasteiger partial charge is 0.340 e. The van der Waals surface area contributed by atoms with Crippen molar-refractivity contribution >= 4 is 11.9 Å². The summed E-state index contributed by atoms with van der Waals surface area (Å²) >= 11 is 0. The van der Waals surface area contributed by atoms with Crippen molar-refractivity contribution in [1.29, 1.82) is 0 Å². The summed E-state index contributed by atoms with van der Waals surface area (Å²) in [4.78, 5) is 25.8. The van der Waals surface area contributed by atoms with Crippen LogP contribution < -0.4 is 4.74 Å². The highest BCUT2D eigenvalue weighted by atomic mass is 19.1. The van der Waals surface area contributed by atoms with Crippen LogP contribution in [0.2, 0.25) is 0 Å². The number of likely N-dealkylation sites (N-methyl/N-ethyl adjacent to an activating group) is 2. The maximum atomic E-state index is 13.5. The molecular weight excluding hydrogens is 466 g/mol. The van der Waals surface area contributed by atoms with Gasteiger partial charge in [0.1, 0.15) is 29.7 Å². The minimum absolute atomic E-state index is 0.0903. The van der Waals surface area contributed by atoms with Crippen LogP contribution in [0.4, 0.5) is 8.78 Å². The average molecular weight is 501 g/mol. The van der Waals surface area contributed by atoms with Gasteiger partial charge in [-0.1, -0.05) is 0 Å². The third-order valence-corrected chi connectivity index (χ3v) is 4.06. The number of phenols is 1. The van der Waals surface area contributed by atoms with E-state index in [0.29, 0.717) is 12.4 Å². The van der Waals surface area contributed by atoms with Gasteiger partial charge >= 0.3 is 11.9 Å². The van der Waals surface area contributed by atoms with Crippen molar-refractivity contribution < 1.29 is 42.8 Å². The van der Waals surface area contributed by atoms with E-state index in [1.54, 1.807) is 6.07 Å². The number of nitrogens with zero attached hydrogens (tertiary/aromatic N) is 2. The molecule has 0 saturated carbocycles. The van der Waals surface area contributed by atoms with Crippen LogP contribution in [0, 0.1) is 11.6 Å². The summed E-state index contributed by atoms with van der Waals surface area (Å²) in [6, 6.07) is 7.32. The molecule has 0 heterocycles. The van der Waals surface area contributed by atoms with Crippen LogP contribution in [0.1, 0.15) is 20.7 Å². The van der Waals surface area contributed by atoms with E-state index in [0.717, 1.165) is 32.3 Å². The molecule has 0 aromatic heterocycles. The van der Waals surface area contributed by atoms with Gasteiger partial charge < -0.3 is 34.2 Å². The third-order valence-electron chi connectivity index (χ3n) is 4.06. The SMILES string of the molecule is CN(C)CCO.COC(=O)c1ccc(O)cc1F.COC(=O)c1ccc(OCCN(C)C)cc1F. The Balaban J connectivity index is 0.000000557. The van der Waals surface area contributed by atoms with E-state index < -0.39 is 23.6 Å². The number of phenolic OH excluding ortho intramolecular Hbond substituents is 1. The number of aromatic hydroxyl groups is 1. The fourth-order valence-electron chi connectivity index (χ4n) is 2.19. The normalized spacial score (nSPS) is 10.0. The molecule has 0 radical (unpaired) electrons. The predicted molar refractivity (Wildman–Crippen MR) is 127 cm³/mol. The third kappa shape index (κ3) is 13.3. The van der Waals surface area contributed by atoms with Gasteiger partial charge in [0, 0.05) is 25.2 Å². The molecule has 9 nitrogen and oxygen atoms in total. The van der Waals surface area contributed by atoms with Crippen molar-refractivity contribution in [2.75, 3.05) is 68.7 Å². The maximum absolute atomic E-state index is 13.5. The highest BCUT2D eigenvalue weighted by Crippen LogP contribution is 2.17. The molecule has 0 bridgehead atoms. The molecule has 0 saturated heterocycles. The van der Waals surface area contributed by atoms with Crippen molar-refractivity contribution in [2.24, 2.45) is 0 Å². The summed E-state index contributed by atoms with van der Waals surface area (Å²) in [6.45, 7) is 2.22. The van der Waals surface area contributed by atoms with Crippen LogP contribution in [-0.2, 0) is 9.47 Å². The number of carbonyl (C=O) groups excluding carboxylic acids is 2. The van der Waals surface area contributed by atoms with Crippen LogP contribution in [0.15, 0.2) is 36.4 Å². The molecule has 0 aliphatic rings. The molecule has 0 spiro atoms. The van der Waals surface area contributed by atoms with Gasteiger partial charge in [0.2, 0.25) is 0 Å². The van der Waals surface area contributed by atoms with Crippen molar-refractivity contribution in [3.8, 4) is 11.5 Å². The highest BCUT2D eigenvalue weighted by molar-refractivity contribution is 5.90. The topological polar surface area (TPSA) is 109 Å². The first kappa shape index (κ1) is 31.7. The average Bonchev–Trinajstić information content (AvgIpc) is 2.79. The van der Waals surface area contributed by atoms with Crippen LogP contribution in [0.5, 0.6) is 11.5 Å². The molecule has 0 unspecified atom stereocenters. The van der Waals surface area contributed by atoms with Crippen LogP contribution >= 0.6 is 0 Å². The molecule has 2 aromatic rings. The standard InChI is InChI=1S/C12H16FNO3.C8H7FO3.C4H11NO/c1-14(2)6-7-17-9-4-5-10(11(13)8-9)12(15)16-3;1-12-8(11)6-3-2-5(10)4-7(6)9;1-5(2)3-4-6/h4-5,8H,6-7H2,1-3H3;2-4,10H,1H3;6H,3-4H2,1-2H3. The number of benzene rings is 2. The minimum atomic E-state index is -0.790. The van der Waals surface area contributed by atoms with Gasteiger partial charge in [0.25, 0.3) is 0 Å². The van der Waals surface area contributed by atoms with Gasteiger partial charge in [0.05, 0.1) is 32.0 Å². The van der Waals surface area contributed by atoms with Crippen molar-refractivity contribution in [2.45, 2.75) is 0 Å². The number of aliphatic hydroxyl groups is 1. The van der Waals surface area contributed by atoms with E-state index in [4.69, 9.17) is 14.9 Å². The lowest BCUT2D eigenvalue weighted by molar-refractivity contribution is 0.0586. The van der Waals surface area contributed by atoms with E-state index in [9.17, 15) is 18.4 Å². The molecule has 2 aromatic carbocycles. The first-order chi connectivity index (χ1) is 16.5. The van der Waals surface area contributed by atoms with Crippen molar-refractivity contribution in [1.82, 2.24) is 9.80 Å². The number of aliphatic hydroxyl groups excluding tert-OH is 1. The number of methoxy groups -OCH3 is 2. The second-order valence-corrected chi connectivity index (χ2v) is 7.47. The van der Waals surface area contributed by atoms with Gasteiger partial charge in [-0.05, 0) is 52.5 Å². The summed E-state index contributed by atoms with van der Waals surface area (Å²) in [5, 5.41) is 17.0. The lowest BCUT2D eigenvalue weighted by Gasteiger charge is -2.11. The highest BCUT2D eigenvalue weighted by Gasteiger charge is 2.13. The first-order valence-electron chi connectivity index (χ1n) is 10.4. The number of halogens is 2. The predicted octanol–water partition coefficient (Wildman–Crippen LogP) is 2.41. The lowest BCUT2D eigenvalue weighted by atomic mass is 10.2. The zero-order valence-corrected chi connectivity index (χ0v) is 20.9. The van der Waals surface area contributed by atoms with Crippen LogP contribution in [-0.4, -0.2) is 101 Å². The van der Waals surface area contributed by atoms with Crippen molar-refractivity contribution in [3.05, 3.63) is 59.2 Å². The maximum Gasteiger partial charge on any atom is 0.340 e. The summed E-state index contributed by atoms with van der Waals surface area (Å²) in [5.74, 6) is -2.70. The Morgan fingerprint density at radius 1 is 0.829 bits per heavy atom. The van der Waals surface area contributed by atoms with E-state index in [1.165, 1.54) is 25.3 Å². The van der Waals surface area contributed by atoms with Crippen LogP contribution in [0.3, 0.4) is 0 Å². The Hall–Kier alpha value is -3.28. The molecule has 2 rings (SSSR count). The van der Waals surface area contributed by atoms with Gasteiger partial charge in [-0.25, -0.2) is 18.4 Å². The number of carbonyl (C=O) groups is 2.